The van der Waals surface area contributed by atoms with Crippen LogP contribution in [0.1, 0.15) is 38.4 Å². The van der Waals surface area contributed by atoms with Gasteiger partial charge in [-0.1, -0.05) is 13.8 Å². The lowest BCUT2D eigenvalue weighted by atomic mass is 9.69. The third-order valence-electron chi connectivity index (χ3n) is 3.85. The maximum absolute atomic E-state index is 12.4. The predicted octanol–water partition coefficient (Wildman–Crippen LogP) is 0.832. The number of carbonyl (C=O) groups excluding carboxylic acids is 2. The number of rotatable bonds is 1. The number of hydrogen-bond acceptors (Lipinski definition) is 7. The molecule has 1 aromatic heterocycles. The summed E-state index contributed by atoms with van der Waals surface area (Å²) in [6, 6.07) is -0.675. The molecule has 2 heterocycles. The topological polar surface area (TPSA) is 110 Å². The zero-order chi connectivity index (χ0) is 15.2. The number of nitrogens with two attached hydrogens (primary N) is 1. The number of carbonyl (C=O) groups is 2. The molecule has 3 rings (SSSR count). The summed E-state index contributed by atoms with van der Waals surface area (Å²) < 4.78 is 0. The van der Waals surface area contributed by atoms with E-state index in [1.54, 1.807) is 0 Å². The van der Waals surface area contributed by atoms with Crippen molar-refractivity contribution in [1.29, 1.82) is 0 Å². The molecule has 0 spiro atoms. The number of ketones is 2. The lowest BCUT2D eigenvalue weighted by Crippen LogP contribution is -2.42. The molecule has 3 N–H and O–H groups in total. The summed E-state index contributed by atoms with van der Waals surface area (Å²) in [5.41, 5.74) is 5.94. The van der Waals surface area contributed by atoms with E-state index in [0.717, 1.165) is 0 Å². The minimum atomic E-state index is -0.811. The molecule has 1 unspecified atom stereocenters. The van der Waals surface area contributed by atoms with Crippen molar-refractivity contribution in [3.05, 3.63) is 18.1 Å². The van der Waals surface area contributed by atoms with E-state index >= 15 is 0 Å². The molecule has 1 saturated carbocycles. The highest BCUT2D eigenvalue weighted by atomic mass is 16.2. The molecule has 1 aliphatic carbocycles. The van der Waals surface area contributed by atoms with Gasteiger partial charge in [-0.15, -0.1) is 0 Å². The number of aromatic nitrogens is 2. The van der Waals surface area contributed by atoms with Crippen molar-refractivity contribution < 1.29 is 9.59 Å². The Kier molecular flexibility index (Phi) is 3.00. The first-order valence-corrected chi connectivity index (χ1v) is 6.84. The van der Waals surface area contributed by atoms with Gasteiger partial charge in [-0.25, -0.2) is 9.98 Å². The summed E-state index contributed by atoms with van der Waals surface area (Å²) in [5.74, 6) is -0.402. The van der Waals surface area contributed by atoms with Crippen molar-refractivity contribution in [2.75, 3.05) is 5.32 Å². The number of aliphatic imine (C=N–C) groups is 1. The van der Waals surface area contributed by atoms with E-state index in [9.17, 15) is 9.59 Å². The lowest BCUT2D eigenvalue weighted by molar-refractivity contribution is -0.140. The fraction of sp³-hybridized carbons (Fsp3) is 0.500. The van der Waals surface area contributed by atoms with Crippen LogP contribution in [0.4, 0.5) is 5.82 Å². The fourth-order valence-corrected chi connectivity index (χ4v) is 3.02. The molecule has 2 aliphatic rings. The van der Waals surface area contributed by atoms with Gasteiger partial charge in [0.15, 0.2) is 11.8 Å². The van der Waals surface area contributed by atoms with Crippen LogP contribution in [0.25, 0.3) is 0 Å². The highest BCUT2D eigenvalue weighted by molar-refractivity contribution is 6.07. The Bertz CT molecular complexity index is 633. The van der Waals surface area contributed by atoms with Gasteiger partial charge in [0.05, 0.1) is 0 Å². The highest BCUT2D eigenvalue weighted by Crippen LogP contribution is 2.41. The monoisotopic (exact) mass is 287 g/mol. The third-order valence-corrected chi connectivity index (χ3v) is 3.85. The molecule has 0 amide bonds. The number of Topliss-reactive ketones (excluding diaryl/α,β-unsaturated/α-hetero) is 2. The van der Waals surface area contributed by atoms with Crippen LogP contribution >= 0.6 is 0 Å². The number of hydrogen-bond donors (Lipinski definition) is 2. The average Bonchev–Trinajstić information content (AvgIpc) is 2.36. The third kappa shape index (κ3) is 2.39. The Morgan fingerprint density at radius 3 is 2.48 bits per heavy atom. The van der Waals surface area contributed by atoms with Crippen molar-refractivity contribution in [3.8, 4) is 0 Å². The summed E-state index contributed by atoms with van der Waals surface area (Å²) in [6.07, 6.45) is 3.76. The number of anilines is 1. The molecule has 0 saturated heterocycles. The first-order chi connectivity index (χ1) is 9.87. The van der Waals surface area contributed by atoms with Crippen LogP contribution in [0.2, 0.25) is 0 Å². The van der Waals surface area contributed by atoms with Gasteiger partial charge < -0.3 is 11.1 Å². The molecule has 1 fully saturated rings. The van der Waals surface area contributed by atoms with Gasteiger partial charge in [-0.05, 0) is 5.41 Å². The van der Waals surface area contributed by atoms with Gasteiger partial charge in [0, 0.05) is 25.2 Å². The average molecular weight is 287 g/mol. The van der Waals surface area contributed by atoms with E-state index in [0.29, 0.717) is 24.4 Å². The number of nitrogens with zero attached hydrogens (tertiary/aromatic N) is 3. The molecule has 0 radical (unpaired) electrons. The van der Waals surface area contributed by atoms with Crippen LogP contribution in [0, 0.1) is 11.3 Å². The normalized spacial score (nSPS) is 25.0. The Balaban J connectivity index is 2.01. The summed E-state index contributed by atoms with van der Waals surface area (Å²) in [6.45, 7) is 3.85. The fourth-order valence-electron chi connectivity index (χ4n) is 3.02. The summed E-state index contributed by atoms with van der Waals surface area (Å²) in [4.78, 5) is 37.5. The molecule has 110 valence electrons. The van der Waals surface area contributed by atoms with Crippen LogP contribution in [-0.4, -0.2) is 27.5 Å². The predicted molar refractivity (Wildman–Crippen MR) is 76.5 cm³/mol. The second kappa shape index (κ2) is 4.61. The Hall–Kier alpha value is -2.31. The van der Waals surface area contributed by atoms with Crippen molar-refractivity contribution in [2.45, 2.75) is 32.7 Å². The van der Waals surface area contributed by atoms with Crippen molar-refractivity contribution in [1.82, 2.24) is 9.97 Å². The zero-order valence-corrected chi connectivity index (χ0v) is 12.0. The summed E-state index contributed by atoms with van der Waals surface area (Å²) >= 11 is 0. The van der Waals surface area contributed by atoms with E-state index in [1.807, 2.05) is 13.8 Å². The lowest BCUT2D eigenvalue weighted by Gasteiger charge is -2.35. The molecule has 1 aromatic rings. The molecular weight excluding hydrogens is 270 g/mol. The maximum atomic E-state index is 12.4. The van der Waals surface area contributed by atoms with Crippen molar-refractivity contribution >= 4 is 23.3 Å². The van der Waals surface area contributed by atoms with Gasteiger partial charge in [0.25, 0.3) is 0 Å². The molecule has 1 aliphatic heterocycles. The number of nitrogens with one attached hydrogen (secondary N) is 1. The summed E-state index contributed by atoms with van der Waals surface area (Å²) in [7, 11) is 0. The van der Waals surface area contributed by atoms with Crippen molar-refractivity contribution in [3.63, 3.8) is 0 Å². The van der Waals surface area contributed by atoms with E-state index in [2.05, 4.69) is 20.3 Å². The van der Waals surface area contributed by atoms with E-state index < -0.39 is 12.0 Å². The molecule has 7 nitrogen and oxygen atoms in total. The second-order valence-corrected chi connectivity index (χ2v) is 6.30. The van der Waals surface area contributed by atoms with Crippen LogP contribution < -0.4 is 11.1 Å². The smallest absolute Gasteiger partial charge is 0.195 e. The SMILES string of the molecule is CC1(C)CC(=O)C(C2N=C(N)Nc3nccnc32)C(=O)C1. The molecular formula is C14H17N5O2. The van der Waals surface area contributed by atoms with Crippen LogP contribution in [0.3, 0.4) is 0 Å². The minimum Gasteiger partial charge on any atom is -0.370 e. The molecule has 7 heteroatoms. The largest absolute Gasteiger partial charge is 0.370 e. The van der Waals surface area contributed by atoms with Gasteiger partial charge in [-0.3, -0.25) is 14.6 Å². The quantitative estimate of drug-likeness (QED) is 0.740. The maximum Gasteiger partial charge on any atom is 0.195 e. The Morgan fingerprint density at radius 1 is 1.19 bits per heavy atom. The van der Waals surface area contributed by atoms with E-state index in [-0.39, 0.29) is 22.9 Å². The number of guanidine groups is 1. The van der Waals surface area contributed by atoms with Crippen LogP contribution in [0.5, 0.6) is 0 Å². The Labute approximate surface area is 122 Å². The molecule has 1 atom stereocenters. The zero-order valence-electron chi connectivity index (χ0n) is 12.0. The number of fused-ring (bicyclic) bond motifs is 1. The first-order valence-electron chi connectivity index (χ1n) is 6.84. The van der Waals surface area contributed by atoms with Gasteiger partial charge in [-0.2, -0.15) is 0 Å². The summed E-state index contributed by atoms with van der Waals surface area (Å²) in [5, 5.41) is 2.81. The van der Waals surface area contributed by atoms with E-state index in [1.165, 1.54) is 12.4 Å². The molecule has 0 aromatic carbocycles. The van der Waals surface area contributed by atoms with Crippen LogP contribution in [0.15, 0.2) is 17.4 Å². The first kappa shape index (κ1) is 13.7. The Morgan fingerprint density at radius 2 is 1.81 bits per heavy atom. The minimum absolute atomic E-state index is 0.101. The van der Waals surface area contributed by atoms with Crippen molar-refractivity contribution in [2.24, 2.45) is 22.1 Å². The van der Waals surface area contributed by atoms with Gasteiger partial charge in [0.1, 0.15) is 29.2 Å². The van der Waals surface area contributed by atoms with Gasteiger partial charge >= 0.3 is 0 Å². The molecule has 21 heavy (non-hydrogen) atoms. The van der Waals surface area contributed by atoms with Gasteiger partial charge in [0.2, 0.25) is 0 Å². The standard InChI is InChI=1S/C14H17N5O2/c1-14(2)5-7(20)9(8(21)6-14)10-11-12(17-4-3-16-11)19-13(15)18-10/h3-4,9-10H,5-6H2,1-2H3,(H3,15,17,18,19). The second-order valence-electron chi connectivity index (χ2n) is 6.30. The van der Waals surface area contributed by atoms with Crippen LogP contribution in [-0.2, 0) is 9.59 Å². The van der Waals surface area contributed by atoms with E-state index in [4.69, 9.17) is 5.73 Å². The molecule has 0 bridgehead atoms. The highest BCUT2D eigenvalue weighted by Gasteiger charge is 2.46.